The summed E-state index contributed by atoms with van der Waals surface area (Å²) in [5.41, 5.74) is 3.80. The molecular formula is C26H30FN3O3. The highest BCUT2D eigenvalue weighted by atomic mass is 19.1. The van der Waals surface area contributed by atoms with Gasteiger partial charge in [0.15, 0.2) is 0 Å². The lowest BCUT2D eigenvalue weighted by Crippen LogP contribution is -2.46. The molecule has 0 radical (unpaired) electrons. The third-order valence-corrected chi connectivity index (χ3v) is 6.72. The molecule has 0 saturated heterocycles. The van der Waals surface area contributed by atoms with Gasteiger partial charge in [0.25, 0.3) is 0 Å². The molecule has 0 aliphatic heterocycles. The average Bonchev–Trinajstić information content (AvgIpc) is 3.12. The molecular weight excluding hydrogens is 421 g/mol. The number of carboxylic acid groups (broad SMARTS) is 1. The summed E-state index contributed by atoms with van der Waals surface area (Å²) in [6, 6.07) is 13.7. The van der Waals surface area contributed by atoms with Crippen molar-refractivity contribution in [2.75, 3.05) is 13.6 Å². The first-order valence-electron chi connectivity index (χ1n) is 11.5. The number of urea groups is 1. The molecule has 1 aliphatic rings. The molecule has 1 aliphatic carbocycles. The molecule has 2 aromatic carbocycles. The molecule has 6 nitrogen and oxygen atoms in total. The van der Waals surface area contributed by atoms with Crippen molar-refractivity contribution in [3.05, 3.63) is 71.2 Å². The van der Waals surface area contributed by atoms with Gasteiger partial charge in [-0.15, -0.1) is 0 Å². The minimum Gasteiger partial charge on any atom is -0.480 e. The highest BCUT2D eigenvalue weighted by Crippen LogP contribution is 2.37. The van der Waals surface area contributed by atoms with Crippen LogP contribution in [0, 0.1) is 5.82 Å². The SMILES string of the molecule is CCC(C(=O)O)n1c2c(c3cc(F)ccc31)CC(N(C)C(=O)NCCc1ccccc1)CC2. The summed E-state index contributed by atoms with van der Waals surface area (Å²) < 4.78 is 16.0. The standard InChI is InChI=1S/C26H30FN3O3/c1-3-22(25(31)32)30-23-11-9-18(27)15-20(23)21-16-19(10-12-24(21)30)29(2)26(33)28-14-13-17-7-5-4-6-8-17/h4-9,11,15,19,22H,3,10,12-14,16H2,1-2H3,(H,28,33)(H,31,32). The number of likely N-dealkylation sites (N-methyl/N-ethyl adjacent to an activating group) is 1. The number of carboxylic acids is 1. The third-order valence-electron chi connectivity index (χ3n) is 6.72. The van der Waals surface area contributed by atoms with E-state index in [-0.39, 0.29) is 17.9 Å². The van der Waals surface area contributed by atoms with Gasteiger partial charge in [-0.05, 0) is 61.4 Å². The van der Waals surface area contributed by atoms with E-state index < -0.39 is 12.0 Å². The molecule has 1 heterocycles. The Morgan fingerprint density at radius 2 is 2.00 bits per heavy atom. The van der Waals surface area contributed by atoms with E-state index in [1.54, 1.807) is 18.0 Å². The molecule has 1 aromatic heterocycles. The van der Waals surface area contributed by atoms with Crippen molar-refractivity contribution in [1.82, 2.24) is 14.8 Å². The van der Waals surface area contributed by atoms with Crippen molar-refractivity contribution < 1.29 is 19.1 Å². The van der Waals surface area contributed by atoms with Gasteiger partial charge in [0.2, 0.25) is 0 Å². The number of amides is 2. The molecule has 2 atom stereocenters. The fourth-order valence-corrected chi connectivity index (χ4v) is 4.95. The fourth-order valence-electron chi connectivity index (χ4n) is 4.95. The second-order valence-corrected chi connectivity index (χ2v) is 8.69. The van der Waals surface area contributed by atoms with E-state index >= 15 is 0 Å². The first-order chi connectivity index (χ1) is 15.9. The second-order valence-electron chi connectivity index (χ2n) is 8.69. The smallest absolute Gasteiger partial charge is 0.326 e. The van der Waals surface area contributed by atoms with E-state index in [9.17, 15) is 19.1 Å². The summed E-state index contributed by atoms with van der Waals surface area (Å²) in [5.74, 6) is -1.24. The van der Waals surface area contributed by atoms with Crippen LogP contribution >= 0.6 is 0 Å². The molecule has 2 amide bonds. The van der Waals surface area contributed by atoms with Crippen LogP contribution in [-0.2, 0) is 24.1 Å². The van der Waals surface area contributed by atoms with Gasteiger partial charge in [-0.3, -0.25) is 0 Å². The Bertz CT molecular complexity index is 1160. The Kier molecular flexibility index (Phi) is 6.67. The van der Waals surface area contributed by atoms with E-state index in [1.165, 1.54) is 17.7 Å². The summed E-state index contributed by atoms with van der Waals surface area (Å²) in [6.45, 7) is 2.40. The van der Waals surface area contributed by atoms with Gasteiger partial charge in [-0.1, -0.05) is 37.3 Å². The molecule has 0 bridgehead atoms. The molecule has 2 N–H and O–H groups in total. The van der Waals surface area contributed by atoms with E-state index in [1.807, 2.05) is 41.8 Å². The molecule has 7 heteroatoms. The van der Waals surface area contributed by atoms with Gasteiger partial charge in [0.05, 0.1) is 0 Å². The Morgan fingerprint density at radius 3 is 2.70 bits per heavy atom. The number of benzene rings is 2. The van der Waals surface area contributed by atoms with Crippen LogP contribution in [0.2, 0.25) is 0 Å². The molecule has 2 unspecified atom stereocenters. The molecule has 33 heavy (non-hydrogen) atoms. The first-order valence-corrected chi connectivity index (χ1v) is 11.5. The van der Waals surface area contributed by atoms with E-state index in [4.69, 9.17) is 0 Å². The normalized spacial score (nSPS) is 16.3. The minimum atomic E-state index is -0.890. The Balaban J connectivity index is 1.54. The Morgan fingerprint density at radius 1 is 1.24 bits per heavy atom. The number of hydrogen-bond donors (Lipinski definition) is 2. The number of aliphatic carboxylic acids is 1. The van der Waals surface area contributed by atoms with Crippen molar-refractivity contribution in [1.29, 1.82) is 0 Å². The number of nitrogens with zero attached hydrogens (tertiary/aromatic N) is 2. The molecule has 3 aromatic rings. The minimum absolute atomic E-state index is 0.0403. The van der Waals surface area contributed by atoms with Crippen molar-refractivity contribution in [3.63, 3.8) is 0 Å². The van der Waals surface area contributed by atoms with Crippen LogP contribution < -0.4 is 5.32 Å². The summed E-state index contributed by atoms with van der Waals surface area (Å²) in [7, 11) is 1.79. The molecule has 0 saturated carbocycles. The van der Waals surface area contributed by atoms with Crippen LogP contribution in [0.4, 0.5) is 9.18 Å². The zero-order valence-corrected chi connectivity index (χ0v) is 19.1. The number of rotatable bonds is 7. The molecule has 174 valence electrons. The van der Waals surface area contributed by atoms with Crippen LogP contribution in [-0.4, -0.2) is 46.2 Å². The lowest BCUT2D eigenvalue weighted by Gasteiger charge is -2.32. The van der Waals surface area contributed by atoms with E-state index in [0.29, 0.717) is 25.8 Å². The van der Waals surface area contributed by atoms with Crippen molar-refractivity contribution in [2.24, 2.45) is 0 Å². The number of halogens is 1. The maximum atomic E-state index is 14.1. The lowest BCUT2D eigenvalue weighted by molar-refractivity contribution is -0.140. The first kappa shape index (κ1) is 22.8. The van der Waals surface area contributed by atoms with Crippen LogP contribution in [0.5, 0.6) is 0 Å². The number of aromatic nitrogens is 1. The molecule has 0 spiro atoms. The highest BCUT2D eigenvalue weighted by Gasteiger charge is 2.32. The monoisotopic (exact) mass is 451 g/mol. The van der Waals surface area contributed by atoms with Gasteiger partial charge in [-0.2, -0.15) is 0 Å². The van der Waals surface area contributed by atoms with Gasteiger partial charge >= 0.3 is 12.0 Å². The van der Waals surface area contributed by atoms with Gasteiger partial charge in [-0.25, -0.2) is 14.0 Å². The molecule has 0 fully saturated rings. The molecule has 4 rings (SSSR count). The summed E-state index contributed by atoms with van der Waals surface area (Å²) in [4.78, 5) is 26.4. The number of carbonyl (C=O) groups is 2. The van der Waals surface area contributed by atoms with Gasteiger partial charge < -0.3 is 19.9 Å². The maximum Gasteiger partial charge on any atom is 0.326 e. The number of nitrogens with one attached hydrogen (secondary N) is 1. The van der Waals surface area contributed by atoms with Crippen molar-refractivity contribution in [2.45, 2.75) is 51.1 Å². The number of hydrogen-bond acceptors (Lipinski definition) is 2. The number of fused-ring (bicyclic) bond motifs is 3. The zero-order chi connectivity index (χ0) is 23.5. The topological polar surface area (TPSA) is 74.6 Å². The van der Waals surface area contributed by atoms with Crippen molar-refractivity contribution in [3.8, 4) is 0 Å². The predicted octanol–water partition coefficient (Wildman–Crippen LogP) is 4.56. The highest BCUT2D eigenvalue weighted by molar-refractivity contribution is 5.88. The second kappa shape index (κ2) is 9.65. The zero-order valence-electron chi connectivity index (χ0n) is 19.1. The van der Waals surface area contributed by atoms with Gasteiger partial charge in [0.1, 0.15) is 11.9 Å². The largest absolute Gasteiger partial charge is 0.480 e. The van der Waals surface area contributed by atoms with Crippen molar-refractivity contribution >= 4 is 22.9 Å². The summed E-state index contributed by atoms with van der Waals surface area (Å²) in [5, 5.41) is 13.5. The van der Waals surface area contributed by atoms with E-state index in [2.05, 4.69) is 5.32 Å². The van der Waals surface area contributed by atoms with Gasteiger partial charge in [0, 0.05) is 36.2 Å². The van der Waals surface area contributed by atoms with Crippen LogP contribution in [0.15, 0.2) is 48.5 Å². The Hall–Kier alpha value is -3.35. The van der Waals surface area contributed by atoms with E-state index in [0.717, 1.165) is 35.0 Å². The Labute approximate surface area is 193 Å². The van der Waals surface area contributed by atoms with Crippen LogP contribution in [0.1, 0.15) is 42.6 Å². The summed E-state index contributed by atoms with van der Waals surface area (Å²) >= 11 is 0. The third kappa shape index (κ3) is 4.58. The predicted molar refractivity (Wildman–Crippen MR) is 126 cm³/mol. The summed E-state index contributed by atoms with van der Waals surface area (Å²) in [6.07, 6.45) is 3.14. The fraction of sp³-hybridized carbons (Fsp3) is 0.385. The number of carbonyl (C=O) groups excluding carboxylic acids is 1. The van der Waals surface area contributed by atoms with Crippen LogP contribution in [0.25, 0.3) is 10.9 Å². The lowest BCUT2D eigenvalue weighted by atomic mass is 9.90. The average molecular weight is 452 g/mol. The quantitative estimate of drug-likeness (QED) is 0.553. The van der Waals surface area contributed by atoms with Crippen LogP contribution in [0.3, 0.4) is 0 Å². The maximum absolute atomic E-state index is 14.1.